The summed E-state index contributed by atoms with van der Waals surface area (Å²) in [5.74, 6) is 0. The highest BCUT2D eigenvalue weighted by molar-refractivity contribution is 7.17. The van der Waals surface area contributed by atoms with Gasteiger partial charge >= 0.3 is 0 Å². The predicted octanol–water partition coefficient (Wildman–Crippen LogP) is 3.65. The molecule has 1 N–H and O–H groups in total. The molecule has 0 aliphatic carbocycles. The summed E-state index contributed by atoms with van der Waals surface area (Å²) in [6, 6.07) is 9.43. The van der Waals surface area contributed by atoms with Crippen molar-refractivity contribution < 1.29 is 0 Å². The molecule has 1 atom stereocenters. The summed E-state index contributed by atoms with van der Waals surface area (Å²) in [6.45, 7) is 6.90. The second-order valence-corrected chi connectivity index (χ2v) is 6.19. The smallest absolute Gasteiger partial charge is 0.0363 e. The van der Waals surface area contributed by atoms with Crippen LogP contribution in [-0.2, 0) is 0 Å². The Labute approximate surface area is 119 Å². The second-order valence-electron chi connectivity index (χ2n) is 5.28. The Morgan fingerprint density at radius 3 is 2.84 bits per heavy atom. The van der Waals surface area contributed by atoms with Gasteiger partial charge in [-0.25, -0.2) is 0 Å². The van der Waals surface area contributed by atoms with Gasteiger partial charge in [0.15, 0.2) is 0 Å². The lowest BCUT2D eigenvalue weighted by molar-refractivity contribution is 0.166. The molecule has 1 saturated heterocycles. The molecule has 102 valence electrons. The molecule has 19 heavy (non-hydrogen) atoms. The van der Waals surface area contributed by atoms with Crippen molar-refractivity contribution in [2.75, 3.05) is 26.2 Å². The van der Waals surface area contributed by atoms with Crippen LogP contribution in [0.1, 0.15) is 31.4 Å². The second kappa shape index (κ2) is 6.04. The van der Waals surface area contributed by atoms with Gasteiger partial charge < -0.3 is 5.32 Å². The van der Waals surface area contributed by atoms with Gasteiger partial charge in [-0.3, -0.25) is 4.90 Å². The lowest BCUT2D eigenvalue weighted by Gasteiger charge is -2.35. The van der Waals surface area contributed by atoms with Gasteiger partial charge in [0, 0.05) is 36.9 Å². The molecule has 1 aromatic heterocycles. The van der Waals surface area contributed by atoms with Crippen LogP contribution in [0.15, 0.2) is 29.6 Å². The van der Waals surface area contributed by atoms with Gasteiger partial charge in [-0.05, 0) is 28.8 Å². The van der Waals surface area contributed by atoms with Crippen LogP contribution in [0.3, 0.4) is 0 Å². The fourth-order valence-corrected chi connectivity index (χ4v) is 4.07. The maximum atomic E-state index is 3.46. The van der Waals surface area contributed by atoms with E-state index in [9.17, 15) is 0 Å². The van der Waals surface area contributed by atoms with Crippen molar-refractivity contribution in [3.8, 4) is 0 Å². The summed E-state index contributed by atoms with van der Waals surface area (Å²) in [4.78, 5) is 2.66. The van der Waals surface area contributed by atoms with E-state index in [-0.39, 0.29) is 0 Å². The number of piperazine rings is 1. The monoisotopic (exact) mass is 274 g/mol. The van der Waals surface area contributed by atoms with Gasteiger partial charge in [-0.2, -0.15) is 0 Å². The number of thiophene rings is 1. The first-order valence-electron chi connectivity index (χ1n) is 7.31. The number of nitrogens with one attached hydrogen (secondary N) is 1. The molecule has 0 saturated carbocycles. The topological polar surface area (TPSA) is 15.3 Å². The molecule has 3 heteroatoms. The quantitative estimate of drug-likeness (QED) is 0.915. The van der Waals surface area contributed by atoms with E-state index < -0.39 is 0 Å². The minimum absolute atomic E-state index is 0.600. The lowest BCUT2D eigenvalue weighted by Crippen LogP contribution is -2.45. The predicted molar refractivity (Wildman–Crippen MR) is 83.9 cm³/mol. The lowest BCUT2D eigenvalue weighted by atomic mass is 9.99. The van der Waals surface area contributed by atoms with E-state index in [1.807, 2.05) is 11.3 Å². The number of hydrogen-bond acceptors (Lipinski definition) is 3. The first kappa shape index (κ1) is 13.1. The third kappa shape index (κ3) is 2.69. The van der Waals surface area contributed by atoms with Gasteiger partial charge in [-0.1, -0.05) is 31.5 Å². The zero-order chi connectivity index (χ0) is 13.1. The summed E-state index contributed by atoms with van der Waals surface area (Å²) in [5, 5.41) is 7.30. The normalized spacial score (nSPS) is 18.8. The molecule has 1 aliphatic heterocycles. The summed E-state index contributed by atoms with van der Waals surface area (Å²) in [6.07, 6.45) is 2.51. The van der Waals surface area contributed by atoms with E-state index >= 15 is 0 Å². The first-order valence-corrected chi connectivity index (χ1v) is 8.19. The van der Waals surface area contributed by atoms with Crippen molar-refractivity contribution >= 4 is 21.4 Å². The number of rotatable bonds is 4. The van der Waals surface area contributed by atoms with Gasteiger partial charge in [-0.15, -0.1) is 11.3 Å². The third-order valence-corrected chi connectivity index (χ3v) is 5.01. The summed E-state index contributed by atoms with van der Waals surface area (Å²) < 4.78 is 1.42. The fraction of sp³-hybridized carbons (Fsp3) is 0.500. The minimum atomic E-state index is 0.600. The summed E-state index contributed by atoms with van der Waals surface area (Å²) >= 11 is 1.89. The van der Waals surface area contributed by atoms with Crippen LogP contribution in [0.4, 0.5) is 0 Å². The van der Waals surface area contributed by atoms with E-state index in [0.717, 1.165) is 13.1 Å². The van der Waals surface area contributed by atoms with Crippen molar-refractivity contribution in [1.82, 2.24) is 10.2 Å². The van der Waals surface area contributed by atoms with Gasteiger partial charge in [0.2, 0.25) is 0 Å². The highest BCUT2D eigenvalue weighted by Gasteiger charge is 2.23. The molecule has 0 spiro atoms. The van der Waals surface area contributed by atoms with E-state index in [2.05, 4.69) is 46.8 Å². The molecule has 0 amide bonds. The minimum Gasteiger partial charge on any atom is -0.314 e. The van der Waals surface area contributed by atoms with Crippen LogP contribution in [0, 0.1) is 0 Å². The number of fused-ring (bicyclic) bond motifs is 1. The molecule has 1 aliphatic rings. The van der Waals surface area contributed by atoms with Crippen LogP contribution in [0.2, 0.25) is 0 Å². The van der Waals surface area contributed by atoms with E-state index in [4.69, 9.17) is 0 Å². The van der Waals surface area contributed by atoms with Crippen molar-refractivity contribution in [3.63, 3.8) is 0 Å². The van der Waals surface area contributed by atoms with Crippen molar-refractivity contribution in [1.29, 1.82) is 0 Å². The molecular formula is C16H22N2S. The van der Waals surface area contributed by atoms with Crippen molar-refractivity contribution in [2.45, 2.75) is 25.8 Å². The molecule has 0 unspecified atom stereocenters. The van der Waals surface area contributed by atoms with Crippen LogP contribution in [0.25, 0.3) is 10.1 Å². The van der Waals surface area contributed by atoms with Gasteiger partial charge in [0.05, 0.1) is 0 Å². The van der Waals surface area contributed by atoms with Crippen LogP contribution in [0.5, 0.6) is 0 Å². The van der Waals surface area contributed by atoms with Crippen LogP contribution >= 0.6 is 11.3 Å². The maximum absolute atomic E-state index is 3.46. The maximum Gasteiger partial charge on any atom is 0.0363 e. The molecule has 0 radical (unpaired) electrons. The first-order chi connectivity index (χ1) is 9.40. The molecular weight excluding hydrogens is 252 g/mol. The number of nitrogens with zero attached hydrogens (tertiary/aromatic N) is 1. The fourth-order valence-electron chi connectivity index (χ4n) is 3.06. The molecule has 2 heterocycles. The molecule has 1 fully saturated rings. The standard InChI is InChI=1S/C16H22N2S/c1-2-5-15(18-10-8-17-9-11-18)14-12-19-16-7-4-3-6-13(14)16/h3-4,6-7,12,15,17H,2,5,8-11H2,1H3/t15-/m1/s1. The highest BCUT2D eigenvalue weighted by Crippen LogP contribution is 2.35. The molecule has 2 aromatic rings. The van der Waals surface area contributed by atoms with Crippen LogP contribution in [-0.4, -0.2) is 31.1 Å². The summed E-state index contributed by atoms with van der Waals surface area (Å²) in [7, 11) is 0. The number of benzene rings is 1. The third-order valence-electron chi connectivity index (χ3n) is 4.02. The van der Waals surface area contributed by atoms with Crippen molar-refractivity contribution in [3.05, 3.63) is 35.2 Å². The molecule has 3 rings (SSSR count). The van der Waals surface area contributed by atoms with Gasteiger partial charge in [0.25, 0.3) is 0 Å². The Bertz CT molecular complexity index is 528. The van der Waals surface area contributed by atoms with Crippen LogP contribution < -0.4 is 5.32 Å². The Balaban J connectivity index is 1.94. The highest BCUT2D eigenvalue weighted by atomic mass is 32.1. The van der Waals surface area contributed by atoms with E-state index in [1.54, 1.807) is 5.56 Å². The number of hydrogen-bond donors (Lipinski definition) is 1. The molecule has 2 nitrogen and oxygen atoms in total. The average molecular weight is 274 g/mol. The van der Waals surface area contributed by atoms with Crippen molar-refractivity contribution in [2.24, 2.45) is 0 Å². The Morgan fingerprint density at radius 2 is 2.05 bits per heavy atom. The molecule has 1 aromatic carbocycles. The Morgan fingerprint density at radius 1 is 1.26 bits per heavy atom. The Kier molecular flexibility index (Phi) is 4.16. The van der Waals surface area contributed by atoms with Gasteiger partial charge in [0.1, 0.15) is 0 Å². The van der Waals surface area contributed by atoms with E-state index in [0.29, 0.717) is 6.04 Å². The van der Waals surface area contributed by atoms with E-state index in [1.165, 1.54) is 36.0 Å². The zero-order valence-electron chi connectivity index (χ0n) is 11.6. The average Bonchev–Trinajstić information content (AvgIpc) is 2.89. The zero-order valence-corrected chi connectivity index (χ0v) is 12.4. The Hall–Kier alpha value is -0.900. The SMILES string of the molecule is CCC[C@H](c1csc2ccccc12)N1CCNCC1. The molecule has 0 bridgehead atoms. The summed E-state index contributed by atoms with van der Waals surface area (Å²) in [5.41, 5.74) is 1.55. The largest absolute Gasteiger partial charge is 0.314 e.